The van der Waals surface area contributed by atoms with Crippen molar-refractivity contribution in [2.45, 2.75) is 6.92 Å². The molecule has 0 saturated carbocycles. The Labute approximate surface area is 98.5 Å². The highest BCUT2D eigenvalue weighted by molar-refractivity contribution is 5.91. The van der Waals surface area contributed by atoms with E-state index in [1.165, 1.54) is 4.68 Å². The van der Waals surface area contributed by atoms with E-state index >= 15 is 0 Å². The number of nitrogen functional groups attached to an aromatic ring is 1. The largest absolute Gasteiger partial charge is 0.397 e. The van der Waals surface area contributed by atoms with E-state index in [1.54, 1.807) is 25.5 Å². The molecule has 0 atom stereocenters. The normalized spacial score (nSPS) is 10.2. The van der Waals surface area contributed by atoms with Gasteiger partial charge in [-0.15, -0.1) is 0 Å². The maximum absolute atomic E-state index is 11.4. The van der Waals surface area contributed by atoms with E-state index in [4.69, 9.17) is 5.73 Å². The summed E-state index contributed by atoms with van der Waals surface area (Å²) in [5.74, 6) is 0.405. The Balaban J connectivity index is 2.37. The highest BCUT2D eigenvalue weighted by atomic mass is 16.1. The molecule has 0 bridgehead atoms. The average Bonchev–Trinajstić information content (AvgIpc) is 2.81. The van der Waals surface area contributed by atoms with Crippen LogP contribution >= 0.6 is 0 Å². The molecule has 0 fully saturated rings. The van der Waals surface area contributed by atoms with Crippen LogP contribution in [0.5, 0.6) is 0 Å². The third kappa shape index (κ3) is 2.10. The second kappa shape index (κ2) is 4.25. The highest BCUT2D eigenvalue weighted by Crippen LogP contribution is 2.12. The first kappa shape index (κ1) is 11.1. The van der Waals surface area contributed by atoms with Gasteiger partial charge in [0, 0.05) is 13.2 Å². The Morgan fingerprint density at radius 2 is 2.29 bits per heavy atom. The van der Waals surface area contributed by atoms with Crippen LogP contribution < -0.4 is 11.1 Å². The van der Waals surface area contributed by atoms with Crippen LogP contribution in [-0.4, -0.2) is 27.7 Å². The third-order valence-corrected chi connectivity index (χ3v) is 2.42. The highest BCUT2D eigenvalue weighted by Gasteiger charge is 2.08. The lowest BCUT2D eigenvalue weighted by atomic mass is 10.2. The summed E-state index contributed by atoms with van der Waals surface area (Å²) >= 11 is 0. The van der Waals surface area contributed by atoms with Crippen LogP contribution in [0.4, 0.5) is 5.69 Å². The fourth-order valence-electron chi connectivity index (χ4n) is 1.38. The number of nitrogens with two attached hydrogens (primary N) is 1. The van der Waals surface area contributed by atoms with E-state index in [-0.39, 0.29) is 5.91 Å². The number of nitrogens with zero attached hydrogens (tertiary/aromatic N) is 3. The molecule has 2 aromatic rings. The Morgan fingerprint density at radius 3 is 2.94 bits per heavy atom. The number of amides is 1. The molecular weight excluding hydrogens is 218 g/mol. The number of nitrogens with one attached hydrogen (secondary N) is 1. The standard InChI is InChI=1S/C11H13N5O/c1-7-5-10(14-6-8(7)12)16-4-3-9(15-16)11(17)13-2/h3-6H,12H2,1-2H3,(H,13,17). The Kier molecular flexibility index (Phi) is 2.78. The molecule has 88 valence electrons. The topological polar surface area (TPSA) is 85.8 Å². The molecular formula is C11H13N5O. The van der Waals surface area contributed by atoms with Gasteiger partial charge in [-0.1, -0.05) is 0 Å². The fourth-order valence-corrected chi connectivity index (χ4v) is 1.38. The van der Waals surface area contributed by atoms with E-state index in [0.717, 1.165) is 5.56 Å². The zero-order chi connectivity index (χ0) is 12.4. The minimum absolute atomic E-state index is 0.226. The maximum atomic E-state index is 11.4. The van der Waals surface area contributed by atoms with Gasteiger partial charge in [0.05, 0.1) is 11.9 Å². The average molecular weight is 231 g/mol. The van der Waals surface area contributed by atoms with Gasteiger partial charge in [0.2, 0.25) is 0 Å². The van der Waals surface area contributed by atoms with Crippen molar-refractivity contribution in [3.05, 3.63) is 35.8 Å². The lowest BCUT2D eigenvalue weighted by molar-refractivity contribution is 0.0957. The van der Waals surface area contributed by atoms with Crippen molar-refractivity contribution in [1.29, 1.82) is 0 Å². The van der Waals surface area contributed by atoms with E-state index in [2.05, 4.69) is 15.4 Å². The van der Waals surface area contributed by atoms with Gasteiger partial charge in [-0.25, -0.2) is 9.67 Å². The van der Waals surface area contributed by atoms with E-state index in [1.807, 2.05) is 13.0 Å². The molecule has 17 heavy (non-hydrogen) atoms. The van der Waals surface area contributed by atoms with Crippen LogP contribution in [0.15, 0.2) is 24.5 Å². The molecule has 0 saturated heterocycles. The van der Waals surface area contributed by atoms with Crippen molar-refractivity contribution in [1.82, 2.24) is 20.1 Å². The summed E-state index contributed by atoms with van der Waals surface area (Å²) < 4.78 is 1.54. The zero-order valence-electron chi connectivity index (χ0n) is 9.64. The van der Waals surface area contributed by atoms with E-state index in [0.29, 0.717) is 17.2 Å². The van der Waals surface area contributed by atoms with Crippen LogP contribution in [0.1, 0.15) is 16.1 Å². The maximum Gasteiger partial charge on any atom is 0.271 e. The number of hydrogen-bond acceptors (Lipinski definition) is 4. The van der Waals surface area contributed by atoms with Gasteiger partial charge < -0.3 is 11.1 Å². The van der Waals surface area contributed by atoms with Crippen LogP contribution in [0.3, 0.4) is 0 Å². The summed E-state index contributed by atoms with van der Waals surface area (Å²) in [5.41, 5.74) is 7.59. The monoisotopic (exact) mass is 231 g/mol. The molecule has 0 aliphatic carbocycles. The number of hydrogen-bond donors (Lipinski definition) is 2. The minimum atomic E-state index is -0.226. The van der Waals surface area contributed by atoms with Crippen molar-refractivity contribution in [2.24, 2.45) is 0 Å². The Hall–Kier alpha value is -2.37. The number of anilines is 1. The van der Waals surface area contributed by atoms with Gasteiger partial charge in [-0.2, -0.15) is 5.10 Å². The quantitative estimate of drug-likeness (QED) is 0.788. The van der Waals surface area contributed by atoms with Gasteiger partial charge in [0.15, 0.2) is 11.5 Å². The molecule has 0 unspecified atom stereocenters. The minimum Gasteiger partial charge on any atom is -0.397 e. The SMILES string of the molecule is CNC(=O)c1ccn(-c2cc(C)c(N)cn2)n1. The fraction of sp³-hybridized carbons (Fsp3) is 0.182. The lowest BCUT2D eigenvalue weighted by Gasteiger charge is -2.03. The number of pyridine rings is 1. The first-order chi connectivity index (χ1) is 8.11. The molecule has 0 spiro atoms. The van der Waals surface area contributed by atoms with Crippen molar-refractivity contribution in [2.75, 3.05) is 12.8 Å². The molecule has 2 heterocycles. The zero-order valence-corrected chi connectivity index (χ0v) is 9.64. The summed E-state index contributed by atoms with van der Waals surface area (Å²) in [5, 5.41) is 6.63. The van der Waals surface area contributed by atoms with Gasteiger partial charge in [-0.05, 0) is 24.6 Å². The van der Waals surface area contributed by atoms with Crippen molar-refractivity contribution in [3.63, 3.8) is 0 Å². The second-order valence-corrected chi connectivity index (χ2v) is 3.62. The molecule has 6 nitrogen and oxygen atoms in total. The molecule has 0 aliphatic heterocycles. The lowest BCUT2D eigenvalue weighted by Crippen LogP contribution is -2.18. The second-order valence-electron chi connectivity index (χ2n) is 3.62. The molecule has 0 aliphatic rings. The number of carbonyl (C=O) groups excluding carboxylic acids is 1. The summed E-state index contributed by atoms with van der Waals surface area (Å²) in [7, 11) is 1.56. The Bertz CT molecular complexity index is 561. The first-order valence-corrected chi connectivity index (χ1v) is 5.12. The molecule has 1 amide bonds. The van der Waals surface area contributed by atoms with Crippen molar-refractivity contribution < 1.29 is 4.79 Å². The van der Waals surface area contributed by atoms with E-state index < -0.39 is 0 Å². The molecule has 6 heteroatoms. The summed E-state index contributed by atoms with van der Waals surface area (Å²) in [6.45, 7) is 1.89. The van der Waals surface area contributed by atoms with Crippen LogP contribution in [0, 0.1) is 6.92 Å². The van der Waals surface area contributed by atoms with E-state index in [9.17, 15) is 4.79 Å². The molecule has 2 rings (SSSR count). The van der Waals surface area contributed by atoms with Crippen LogP contribution in [0.2, 0.25) is 0 Å². The number of carbonyl (C=O) groups is 1. The summed E-state index contributed by atoms with van der Waals surface area (Å²) in [4.78, 5) is 15.5. The van der Waals surface area contributed by atoms with Gasteiger partial charge in [0.25, 0.3) is 5.91 Å². The predicted molar refractivity (Wildman–Crippen MR) is 63.9 cm³/mol. The summed E-state index contributed by atoms with van der Waals surface area (Å²) in [6, 6.07) is 3.45. The summed E-state index contributed by atoms with van der Waals surface area (Å²) in [6.07, 6.45) is 3.26. The molecule has 0 radical (unpaired) electrons. The van der Waals surface area contributed by atoms with Gasteiger partial charge in [0.1, 0.15) is 0 Å². The number of rotatable bonds is 2. The van der Waals surface area contributed by atoms with Crippen LogP contribution in [-0.2, 0) is 0 Å². The number of aromatic nitrogens is 3. The smallest absolute Gasteiger partial charge is 0.271 e. The molecule has 0 aromatic carbocycles. The first-order valence-electron chi connectivity index (χ1n) is 5.12. The van der Waals surface area contributed by atoms with Gasteiger partial charge in [-0.3, -0.25) is 4.79 Å². The third-order valence-electron chi connectivity index (χ3n) is 2.42. The van der Waals surface area contributed by atoms with Crippen LogP contribution in [0.25, 0.3) is 5.82 Å². The van der Waals surface area contributed by atoms with Gasteiger partial charge >= 0.3 is 0 Å². The Morgan fingerprint density at radius 1 is 1.53 bits per heavy atom. The molecule has 3 N–H and O–H groups in total. The van der Waals surface area contributed by atoms with Crippen molar-refractivity contribution in [3.8, 4) is 5.82 Å². The van der Waals surface area contributed by atoms with Crippen molar-refractivity contribution >= 4 is 11.6 Å². The number of aryl methyl sites for hydroxylation is 1. The molecule has 2 aromatic heterocycles. The predicted octanol–water partition coefficient (Wildman–Crippen LogP) is 0.518.